The molecule has 8 nitrogen and oxygen atoms in total. The summed E-state index contributed by atoms with van der Waals surface area (Å²) >= 11 is 1.54. The second-order valence-corrected chi connectivity index (χ2v) is 8.57. The van der Waals surface area contributed by atoms with E-state index in [1.54, 1.807) is 6.20 Å². The number of likely N-dealkylation sites (N-methyl/N-ethyl adjacent to an activating group) is 1. The van der Waals surface area contributed by atoms with Crippen LogP contribution in [-0.2, 0) is 4.79 Å². The zero-order chi connectivity index (χ0) is 19.5. The molecule has 150 valence electrons. The number of nitrogens with zero attached hydrogens (tertiary/aromatic N) is 5. The fourth-order valence-electron chi connectivity index (χ4n) is 3.81. The minimum atomic E-state index is -0.0338. The van der Waals surface area contributed by atoms with Crippen molar-refractivity contribution in [3.8, 4) is 10.7 Å². The predicted octanol–water partition coefficient (Wildman–Crippen LogP) is 1.60. The van der Waals surface area contributed by atoms with Crippen LogP contribution in [0.2, 0.25) is 0 Å². The number of hydrogen-bond donors (Lipinski definition) is 2. The summed E-state index contributed by atoms with van der Waals surface area (Å²) in [4.78, 5) is 30.7. The molecule has 2 saturated heterocycles. The molecule has 1 amide bonds. The van der Waals surface area contributed by atoms with Gasteiger partial charge >= 0.3 is 0 Å². The third-order valence-electron chi connectivity index (χ3n) is 5.38. The summed E-state index contributed by atoms with van der Waals surface area (Å²) in [6.07, 6.45) is 4.98. The van der Waals surface area contributed by atoms with E-state index in [9.17, 15) is 4.79 Å². The SMILES string of the molecule is CN(C)[C@@H]1CCN(CC(=O)Nc2cc(-c3nccs3)nc(C3CCCN3)n2)C1. The van der Waals surface area contributed by atoms with Crippen molar-refractivity contribution in [2.75, 3.05) is 45.6 Å². The lowest BCUT2D eigenvalue weighted by Gasteiger charge is -2.20. The summed E-state index contributed by atoms with van der Waals surface area (Å²) in [5.41, 5.74) is 0.762. The first-order valence-corrected chi connectivity index (χ1v) is 10.7. The van der Waals surface area contributed by atoms with Crippen LogP contribution in [-0.4, -0.2) is 77.0 Å². The van der Waals surface area contributed by atoms with E-state index in [0.29, 0.717) is 18.4 Å². The van der Waals surface area contributed by atoms with Crippen molar-refractivity contribution in [2.45, 2.75) is 31.3 Å². The van der Waals surface area contributed by atoms with Gasteiger partial charge in [-0.25, -0.2) is 15.0 Å². The standard InChI is InChI=1S/C19H27N7OS/c1-25(2)13-5-8-26(11-13)12-17(27)23-16-10-15(19-21-7-9-28-19)22-18(24-16)14-4-3-6-20-14/h7,9-10,13-14,20H,3-6,8,11-12H2,1-2H3,(H,22,23,24,27)/t13-,14?/m1/s1. The molecule has 4 rings (SSSR count). The Bertz CT molecular complexity index is 805. The maximum atomic E-state index is 12.6. The molecule has 2 N–H and O–H groups in total. The van der Waals surface area contributed by atoms with Crippen molar-refractivity contribution in [3.63, 3.8) is 0 Å². The Morgan fingerprint density at radius 1 is 1.39 bits per heavy atom. The molecule has 2 aliphatic heterocycles. The summed E-state index contributed by atoms with van der Waals surface area (Å²) < 4.78 is 0. The highest BCUT2D eigenvalue weighted by Gasteiger charge is 2.26. The molecular weight excluding hydrogens is 374 g/mol. The Labute approximate surface area is 169 Å². The molecule has 28 heavy (non-hydrogen) atoms. The van der Waals surface area contributed by atoms with E-state index in [0.717, 1.165) is 55.4 Å². The van der Waals surface area contributed by atoms with E-state index in [1.165, 1.54) is 11.3 Å². The van der Waals surface area contributed by atoms with Gasteiger partial charge in [-0.05, 0) is 39.9 Å². The van der Waals surface area contributed by atoms with Gasteiger partial charge in [0.2, 0.25) is 5.91 Å². The third-order valence-corrected chi connectivity index (χ3v) is 6.17. The van der Waals surface area contributed by atoms with Crippen LogP contribution in [0.4, 0.5) is 5.82 Å². The fraction of sp³-hybridized carbons (Fsp3) is 0.579. The van der Waals surface area contributed by atoms with Gasteiger partial charge in [-0.3, -0.25) is 9.69 Å². The number of anilines is 1. The van der Waals surface area contributed by atoms with E-state index >= 15 is 0 Å². The quantitative estimate of drug-likeness (QED) is 0.760. The first-order valence-electron chi connectivity index (χ1n) is 9.79. The number of aromatic nitrogens is 3. The van der Waals surface area contributed by atoms with Gasteiger partial charge in [0.1, 0.15) is 22.3 Å². The molecule has 1 unspecified atom stereocenters. The number of carbonyl (C=O) groups is 1. The van der Waals surface area contributed by atoms with E-state index in [4.69, 9.17) is 4.98 Å². The lowest BCUT2D eigenvalue weighted by atomic mass is 10.2. The molecule has 2 aliphatic rings. The van der Waals surface area contributed by atoms with Crippen LogP contribution < -0.4 is 10.6 Å². The molecular formula is C19H27N7OS. The molecule has 4 heterocycles. The number of carbonyl (C=O) groups excluding carboxylic acids is 1. The first kappa shape index (κ1) is 19.4. The fourth-order valence-corrected chi connectivity index (χ4v) is 4.41. The number of nitrogens with one attached hydrogen (secondary N) is 2. The summed E-state index contributed by atoms with van der Waals surface area (Å²) in [6.45, 7) is 3.23. The number of rotatable bonds is 6. The molecule has 0 radical (unpaired) electrons. The molecule has 2 aromatic rings. The van der Waals surface area contributed by atoms with Gasteiger partial charge in [0.15, 0.2) is 0 Å². The Morgan fingerprint density at radius 2 is 2.29 bits per heavy atom. The molecule has 0 aromatic carbocycles. The van der Waals surface area contributed by atoms with Crippen molar-refractivity contribution in [1.29, 1.82) is 0 Å². The van der Waals surface area contributed by atoms with Crippen molar-refractivity contribution >= 4 is 23.1 Å². The molecule has 2 aromatic heterocycles. The van der Waals surface area contributed by atoms with Gasteiger partial charge in [0, 0.05) is 36.8 Å². The van der Waals surface area contributed by atoms with Crippen molar-refractivity contribution < 1.29 is 4.79 Å². The average Bonchev–Trinajstić information content (AvgIpc) is 3.43. The predicted molar refractivity (Wildman–Crippen MR) is 110 cm³/mol. The minimum Gasteiger partial charge on any atom is -0.309 e. The first-order chi connectivity index (χ1) is 13.6. The van der Waals surface area contributed by atoms with Gasteiger partial charge in [-0.1, -0.05) is 0 Å². The van der Waals surface area contributed by atoms with Crippen LogP contribution >= 0.6 is 11.3 Å². The van der Waals surface area contributed by atoms with E-state index in [1.807, 2.05) is 11.4 Å². The van der Waals surface area contributed by atoms with Crippen molar-refractivity contribution in [1.82, 2.24) is 30.1 Å². The minimum absolute atomic E-state index is 0.0338. The highest BCUT2D eigenvalue weighted by molar-refractivity contribution is 7.13. The molecule has 9 heteroatoms. The Balaban J connectivity index is 1.48. The summed E-state index contributed by atoms with van der Waals surface area (Å²) in [7, 11) is 4.18. The van der Waals surface area contributed by atoms with Crippen LogP contribution in [0.3, 0.4) is 0 Å². The van der Waals surface area contributed by atoms with Gasteiger partial charge < -0.3 is 15.5 Å². The lowest BCUT2D eigenvalue weighted by molar-refractivity contribution is -0.117. The Kier molecular flexibility index (Phi) is 5.96. The van der Waals surface area contributed by atoms with Gasteiger partial charge in [-0.15, -0.1) is 11.3 Å². The van der Waals surface area contributed by atoms with Crippen molar-refractivity contribution in [3.05, 3.63) is 23.5 Å². The summed E-state index contributed by atoms with van der Waals surface area (Å²) in [5, 5.41) is 9.18. The smallest absolute Gasteiger partial charge is 0.239 e. The Morgan fingerprint density at radius 3 is 2.96 bits per heavy atom. The van der Waals surface area contributed by atoms with Crippen LogP contribution in [0, 0.1) is 0 Å². The second-order valence-electron chi connectivity index (χ2n) is 7.67. The largest absolute Gasteiger partial charge is 0.309 e. The highest BCUT2D eigenvalue weighted by Crippen LogP contribution is 2.27. The van der Waals surface area contributed by atoms with Gasteiger partial charge in [-0.2, -0.15) is 0 Å². The zero-order valence-corrected chi connectivity index (χ0v) is 17.2. The molecule has 0 spiro atoms. The average molecular weight is 402 g/mol. The molecule has 0 bridgehead atoms. The van der Waals surface area contributed by atoms with Gasteiger partial charge in [0.25, 0.3) is 0 Å². The van der Waals surface area contributed by atoms with Crippen LogP contribution in [0.25, 0.3) is 10.7 Å². The summed E-state index contributed by atoms with van der Waals surface area (Å²) in [5.74, 6) is 1.25. The summed E-state index contributed by atoms with van der Waals surface area (Å²) in [6, 6.07) is 2.47. The third kappa shape index (κ3) is 4.54. The van der Waals surface area contributed by atoms with E-state index < -0.39 is 0 Å². The molecule has 0 aliphatic carbocycles. The second kappa shape index (κ2) is 8.60. The van der Waals surface area contributed by atoms with Gasteiger partial charge in [0.05, 0.1) is 12.6 Å². The monoisotopic (exact) mass is 401 g/mol. The van der Waals surface area contributed by atoms with E-state index in [-0.39, 0.29) is 11.9 Å². The number of thiazole rings is 1. The molecule has 2 fully saturated rings. The number of likely N-dealkylation sites (tertiary alicyclic amines) is 1. The van der Waals surface area contributed by atoms with Crippen LogP contribution in [0.5, 0.6) is 0 Å². The highest BCUT2D eigenvalue weighted by atomic mass is 32.1. The van der Waals surface area contributed by atoms with Crippen molar-refractivity contribution in [2.24, 2.45) is 0 Å². The molecule has 0 saturated carbocycles. The molecule has 2 atom stereocenters. The number of hydrogen-bond acceptors (Lipinski definition) is 8. The zero-order valence-electron chi connectivity index (χ0n) is 16.4. The lowest BCUT2D eigenvalue weighted by Crippen LogP contribution is -2.35. The van der Waals surface area contributed by atoms with Crippen LogP contribution in [0.15, 0.2) is 17.6 Å². The Hall–Kier alpha value is -1.94. The number of amides is 1. The maximum Gasteiger partial charge on any atom is 0.239 e. The van der Waals surface area contributed by atoms with E-state index in [2.05, 4.69) is 44.5 Å². The van der Waals surface area contributed by atoms with Crippen LogP contribution in [0.1, 0.15) is 31.1 Å². The maximum absolute atomic E-state index is 12.6. The topological polar surface area (TPSA) is 86.3 Å². The normalized spacial score (nSPS) is 22.8.